The van der Waals surface area contributed by atoms with Gasteiger partial charge in [-0.25, -0.2) is 4.79 Å². The average molecular weight is 458 g/mol. The minimum Gasteiger partial charge on any atom is -0.475 e. The number of nitrogens with zero attached hydrogens (tertiary/aromatic N) is 1. The molecular weight excluding hydrogens is 433 g/mol. The normalized spacial score (nSPS) is 26.3. The van der Waals surface area contributed by atoms with E-state index in [4.69, 9.17) is 24.1 Å². The number of amides is 1. The minimum absolute atomic E-state index is 0.0986. The summed E-state index contributed by atoms with van der Waals surface area (Å²) in [5.41, 5.74) is 1.24. The fourth-order valence-corrected chi connectivity index (χ4v) is 4.23. The SMILES string of the molecule is O=C(C[C@H]1C[C@H]2CN(Cc3ccc4c(c3)OCO4)C[C@H]2O1)NC1CC1.O=C(O)C(F)(F)F. The quantitative estimate of drug-likeness (QED) is 0.699. The van der Waals surface area contributed by atoms with Gasteiger partial charge in [0.2, 0.25) is 12.7 Å². The first-order valence-electron chi connectivity index (χ1n) is 10.5. The standard InChI is InChI=1S/C19H24N2O4.C2HF3O2/c22-19(20-14-2-3-14)7-15-6-13-9-21(10-18(13)25-15)8-12-1-4-16-17(5-12)24-11-23-16;3-2(4,5)1(6)7/h1,4-5,13-15,18H,2-3,6-11H2,(H,20,22);(H,6,7)/t13-,15+,18+;/m0./s1. The lowest BCUT2D eigenvalue weighted by atomic mass is 10.0. The van der Waals surface area contributed by atoms with E-state index in [0.29, 0.717) is 25.2 Å². The van der Waals surface area contributed by atoms with E-state index in [1.807, 2.05) is 6.07 Å². The van der Waals surface area contributed by atoms with Gasteiger partial charge in [-0.1, -0.05) is 6.07 Å². The molecule has 0 radical (unpaired) electrons. The minimum atomic E-state index is -5.08. The van der Waals surface area contributed by atoms with Crippen LogP contribution in [0.4, 0.5) is 13.2 Å². The molecule has 176 valence electrons. The lowest BCUT2D eigenvalue weighted by Crippen LogP contribution is -2.30. The number of halogens is 3. The third-order valence-electron chi connectivity index (χ3n) is 5.83. The number of carbonyl (C=O) groups excluding carboxylic acids is 1. The Hall–Kier alpha value is -2.53. The predicted octanol–water partition coefficient (Wildman–Crippen LogP) is 2.31. The van der Waals surface area contributed by atoms with E-state index in [2.05, 4.69) is 22.3 Å². The van der Waals surface area contributed by atoms with Crippen molar-refractivity contribution in [2.75, 3.05) is 19.9 Å². The maximum atomic E-state index is 11.9. The van der Waals surface area contributed by atoms with Gasteiger partial charge in [-0.3, -0.25) is 9.69 Å². The van der Waals surface area contributed by atoms with Gasteiger partial charge in [0.1, 0.15) is 0 Å². The molecule has 3 aliphatic heterocycles. The molecule has 2 N–H and O–H groups in total. The Labute approximate surface area is 182 Å². The summed E-state index contributed by atoms with van der Waals surface area (Å²) in [5, 5.41) is 10.2. The van der Waals surface area contributed by atoms with E-state index in [1.54, 1.807) is 0 Å². The highest BCUT2D eigenvalue weighted by Crippen LogP contribution is 2.36. The van der Waals surface area contributed by atoms with Crippen LogP contribution in [0.15, 0.2) is 18.2 Å². The molecule has 11 heteroatoms. The maximum absolute atomic E-state index is 11.9. The van der Waals surface area contributed by atoms with Crippen molar-refractivity contribution in [3.05, 3.63) is 23.8 Å². The van der Waals surface area contributed by atoms with Crippen LogP contribution in [-0.4, -0.2) is 66.2 Å². The van der Waals surface area contributed by atoms with Crippen molar-refractivity contribution in [3.63, 3.8) is 0 Å². The Morgan fingerprint density at radius 2 is 1.88 bits per heavy atom. The number of fused-ring (bicyclic) bond motifs is 2. The third-order valence-corrected chi connectivity index (χ3v) is 5.83. The molecule has 1 amide bonds. The van der Waals surface area contributed by atoms with Crippen LogP contribution in [0.1, 0.15) is 31.2 Å². The summed E-state index contributed by atoms with van der Waals surface area (Å²) in [6, 6.07) is 6.60. The number of nitrogens with one attached hydrogen (secondary N) is 1. The van der Waals surface area contributed by atoms with Gasteiger partial charge in [0.25, 0.3) is 0 Å². The van der Waals surface area contributed by atoms with Crippen molar-refractivity contribution in [1.82, 2.24) is 10.2 Å². The van der Waals surface area contributed by atoms with Crippen LogP contribution in [0.2, 0.25) is 0 Å². The van der Waals surface area contributed by atoms with Gasteiger partial charge < -0.3 is 24.6 Å². The Morgan fingerprint density at radius 3 is 2.53 bits per heavy atom. The molecule has 0 aromatic heterocycles. The van der Waals surface area contributed by atoms with Crippen molar-refractivity contribution >= 4 is 11.9 Å². The molecule has 3 atom stereocenters. The van der Waals surface area contributed by atoms with Crippen LogP contribution < -0.4 is 14.8 Å². The monoisotopic (exact) mass is 458 g/mol. The van der Waals surface area contributed by atoms with E-state index in [-0.39, 0.29) is 18.1 Å². The highest BCUT2D eigenvalue weighted by molar-refractivity contribution is 5.77. The fraction of sp³-hybridized carbons (Fsp3) is 0.619. The number of carboxylic acid groups (broad SMARTS) is 1. The largest absolute Gasteiger partial charge is 0.490 e. The van der Waals surface area contributed by atoms with Gasteiger partial charge in [-0.15, -0.1) is 0 Å². The van der Waals surface area contributed by atoms with Gasteiger partial charge in [0.15, 0.2) is 11.5 Å². The second kappa shape index (κ2) is 9.14. The topological polar surface area (TPSA) is 97.3 Å². The first kappa shape index (κ1) is 22.7. The van der Waals surface area contributed by atoms with Crippen molar-refractivity contribution in [1.29, 1.82) is 0 Å². The summed E-state index contributed by atoms with van der Waals surface area (Å²) in [6.45, 7) is 3.20. The number of ether oxygens (including phenoxy) is 3. The zero-order valence-electron chi connectivity index (χ0n) is 17.3. The summed E-state index contributed by atoms with van der Waals surface area (Å²) in [4.78, 5) is 23.3. The highest BCUT2D eigenvalue weighted by Gasteiger charge is 2.42. The lowest BCUT2D eigenvalue weighted by Gasteiger charge is -2.19. The summed E-state index contributed by atoms with van der Waals surface area (Å²) in [6.07, 6.45) is -0.921. The van der Waals surface area contributed by atoms with Crippen molar-refractivity contribution in [2.24, 2.45) is 5.92 Å². The van der Waals surface area contributed by atoms with Crippen LogP contribution >= 0.6 is 0 Å². The second-order valence-electron chi connectivity index (χ2n) is 8.52. The van der Waals surface area contributed by atoms with Crippen molar-refractivity contribution in [2.45, 2.75) is 56.7 Å². The zero-order chi connectivity index (χ0) is 22.9. The van der Waals surface area contributed by atoms with Crippen molar-refractivity contribution in [3.8, 4) is 11.5 Å². The Kier molecular flexibility index (Phi) is 6.47. The molecule has 2 saturated heterocycles. The predicted molar refractivity (Wildman–Crippen MR) is 104 cm³/mol. The van der Waals surface area contributed by atoms with Crippen LogP contribution in [0, 0.1) is 5.92 Å². The Balaban J connectivity index is 0.000000307. The molecule has 4 aliphatic rings. The van der Waals surface area contributed by atoms with Crippen LogP contribution in [0.5, 0.6) is 11.5 Å². The summed E-state index contributed by atoms with van der Waals surface area (Å²) in [7, 11) is 0. The molecule has 5 rings (SSSR count). The third kappa shape index (κ3) is 5.83. The molecule has 1 aliphatic carbocycles. The van der Waals surface area contributed by atoms with Gasteiger partial charge in [-0.2, -0.15) is 13.2 Å². The van der Waals surface area contributed by atoms with Crippen LogP contribution in [0.3, 0.4) is 0 Å². The average Bonchev–Trinajstić information content (AvgIpc) is 3.08. The number of likely N-dealkylation sites (tertiary alicyclic amines) is 1. The molecular formula is C21H25F3N2O6. The molecule has 1 aromatic carbocycles. The highest BCUT2D eigenvalue weighted by atomic mass is 19.4. The zero-order valence-corrected chi connectivity index (χ0v) is 17.3. The van der Waals surface area contributed by atoms with Crippen LogP contribution in [0.25, 0.3) is 0 Å². The molecule has 8 nitrogen and oxygen atoms in total. The van der Waals surface area contributed by atoms with E-state index in [0.717, 1.165) is 50.4 Å². The molecule has 3 heterocycles. The van der Waals surface area contributed by atoms with Gasteiger partial charge in [0, 0.05) is 31.6 Å². The van der Waals surface area contributed by atoms with E-state index < -0.39 is 12.1 Å². The fourth-order valence-electron chi connectivity index (χ4n) is 4.23. The second-order valence-corrected chi connectivity index (χ2v) is 8.52. The van der Waals surface area contributed by atoms with E-state index in [1.165, 1.54) is 5.56 Å². The maximum Gasteiger partial charge on any atom is 0.490 e. The summed E-state index contributed by atoms with van der Waals surface area (Å²) in [5.74, 6) is -0.377. The van der Waals surface area contributed by atoms with Gasteiger partial charge in [-0.05, 0) is 37.0 Å². The first-order chi connectivity index (χ1) is 15.2. The van der Waals surface area contributed by atoms with E-state index in [9.17, 15) is 18.0 Å². The van der Waals surface area contributed by atoms with Gasteiger partial charge >= 0.3 is 12.1 Å². The smallest absolute Gasteiger partial charge is 0.475 e. The summed E-state index contributed by atoms with van der Waals surface area (Å²) < 4.78 is 48.7. The van der Waals surface area contributed by atoms with Gasteiger partial charge in [0.05, 0.1) is 18.6 Å². The number of hydrogen-bond acceptors (Lipinski definition) is 6. The molecule has 32 heavy (non-hydrogen) atoms. The van der Waals surface area contributed by atoms with Crippen molar-refractivity contribution < 1.29 is 42.1 Å². The first-order valence-corrected chi connectivity index (χ1v) is 10.5. The molecule has 0 spiro atoms. The number of rotatable bonds is 5. The number of hydrogen-bond donors (Lipinski definition) is 2. The number of carbonyl (C=O) groups is 2. The Bertz CT molecular complexity index is 846. The number of alkyl halides is 3. The molecule has 1 saturated carbocycles. The summed E-state index contributed by atoms with van der Waals surface area (Å²) >= 11 is 0. The number of carboxylic acids is 1. The Morgan fingerprint density at radius 1 is 1.16 bits per heavy atom. The molecule has 0 bridgehead atoms. The molecule has 0 unspecified atom stereocenters. The van der Waals surface area contributed by atoms with E-state index >= 15 is 0 Å². The number of aliphatic carboxylic acids is 1. The lowest BCUT2D eigenvalue weighted by molar-refractivity contribution is -0.192. The van der Waals surface area contributed by atoms with Crippen LogP contribution in [-0.2, 0) is 20.9 Å². The molecule has 3 fully saturated rings. The molecule has 1 aromatic rings. The number of benzene rings is 1.